The van der Waals surface area contributed by atoms with E-state index in [-0.39, 0.29) is 5.97 Å². The van der Waals surface area contributed by atoms with Crippen LogP contribution < -0.4 is 5.32 Å². The lowest BCUT2D eigenvalue weighted by Crippen LogP contribution is -2.29. The molecule has 1 N–H and O–H groups in total. The molecule has 0 amide bonds. The summed E-state index contributed by atoms with van der Waals surface area (Å²) in [6.07, 6.45) is -0.0701. The second-order valence-electron chi connectivity index (χ2n) is 3.35. The van der Waals surface area contributed by atoms with Crippen molar-refractivity contribution in [3.05, 3.63) is 35.9 Å². The lowest BCUT2D eigenvalue weighted by atomic mass is 9.91. The van der Waals surface area contributed by atoms with Crippen LogP contribution in [0.2, 0.25) is 0 Å². The highest BCUT2D eigenvalue weighted by atomic mass is 16.7. The topological polar surface area (TPSA) is 47.6 Å². The molecule has 0 spiro atoms. The fraction of sp³-hybridized carbons (Fsp3) is 0.300. The van der Waals surface area contributed by atoms with Gasteiger partial charge in [0.1, 0.15) is 0 Å². The van der Waals surface area contributed by atoms with Gasteiger partial charge in [-0.25, -0.2) is 0 Å². The van der Waals surface area contributed by atoms with Crippen molar-refractivity contribution in [3.8, 4) is 0 Å². The summed E-state index contributed by atoms with van der Waals surface area (Å²) in [7, 11) is 1.31. The Kier molecular flexibility index (Phi) is 3.04. The Morgan fingerprint density at radius 1 is 1.40 bits per heavy atom. The first kappa shape index (κ1) is 10.2. The van der Waals surface area contributed by atoms with Crippen molar-refractivity contribution in [2.45, 2.75) is 6.10 Å². The maximum atomic E-state index is 11.5. The van der Waals surface area contributed by atoms with Crippen LogP contribution in [0.5, 0.6) is 0 Å². The van der Waals surface area contributed by atoms with E-state index in [4.69, 9.17) is 9.31 Å². The largest absolute Gasteiger partial charge is 0.543 e. The molecule has 0 aliphatic carbocycles. The minimum atomic E-state index is -0.579. The molecule has 5 heteroatoms. The molecule has 1 saturated heterocycles. The Hall–Kier alpha value is -1.33. The minimum absolute atomic E-state index is 0.318. The molecule has 1 unspecified atom stereocenters. The highest BCUT2D eigenvalue weighted by Crippen LogP contribution is 2.25. The Bertz CT molecular complexity index is 344. The number of rotatable bonds is 3. The van der Waals surface area contributed by atoms with Crippen LogP contribution in [0.1, 0.15) is 11.7 Å². The second-order valence-corrected chi connectivity index (χ2v) is 3.35. The Morgan fingerprint density at radius 2 is 2.13 bits per heavy atom. The number of hydrogen-bond acceptors (Lipinski definition) is 4. The van der Waals surface area contributed by atoms with Crippen molar-refractivity contribution >= 4 is 13.1 Å². The van der Waals surface area contributed by atoms with Gasteiger partial charge in [-0.3, -0.25) is 4.79 Å². The Balaban J connectivity index is 2.09. The second kappa shape index (κ2) is 4.46. The predicted octanol–water partition coefficient (Wildman–Crippen LogP) is 0.548. The van der Waals surface area contributed by atoms with Crippen LogP contribution in [0, 0.1) is 0 Å². The van der Waals surface area contributed by atoms with Crippen molar-refractivity contribution in [1.82, 2.24) is 5.32 Å². The number of benzene rings is 1. The van der Waals surface area contributed by atoms with Crippen LogP contribution in [0.15, 0.2) is 30.3 Å². The van der Waals surface area contributed by atoms with Crippen LogP contribution >= 0.6 is 0 Å². The molecule has 1 aromatic carbocycles. The van der Waals surface area contributed by atoms with Gasteiger partial charge >= 0.3 is 13.1 Å². The summed E-state index contributed by atoms with van der Waals surface area (Å²) in [5.74, 6) is -0.318. The molecule has 1 atom stereocenters. The third kappa shape index (κ3) is 2.19. The first-order chi connectivity index (χ1) is 7.31. The summed E-state index contributed by atoms with van der Waals surface area (Å²) in [4.78, 5) is 11.5. The van der Waals surface area contributed by atoms with E-state index >= 15 is 0 Å². The molecule has 4 nitrogen and oxygen atoms in total. The maximum absolute atomic E-state index is 11.5. The van der Waals surface area contributed by atoms with Crippen LogP contribution in [0.25, 0.3) is 0 Å². The number of hydrogen-bond donors (Lipinski definition) is 1. The van der Waals surface area contributed by atoms with Gasteiger partial charge in [-0.1, -0.05) is 30.3 Å². The summed E-state index contributed by atoms with van der Waals surface area (Å²) >= 11 is 0. The summed E-state index contributed by atoms with van der Waals surface area (Å²) in [6.45, 7) is 0. The molecule has 1 aliphatic heterocycles. The molecular weight excluding hydrogens is 193 g/mol. The Morgan fingerprint density at radius 3 is 2.80 bits per heavy atom. The van der Waals surface area contributed by atoms with E-state index < -0.39 is 13.2 Å². The molecule has 1 fully saturated rings. The minimum Gasteiger partial charge on any atom is -0.507 e. The van der Waals surface area contributed by atoms with Crippen LogP contribution in [-0.4, -0.2) is 26.6 Å². The third-order valence-electron chi connectivity index (χ3n) is 2.22. The predicted molar refractivity (Wildman–Crippen MR) is 56.0 cm³/mol. The standard InChI is InChI=1S/C10H12BNO3/c1-12-7-11-14-9(10(13)15-11)8-5-3-2-4-6-8/h2-6,9,12H,7H2,1H3. The van der Waals surface area contributed by atoms with E-state index in [9.17, 15) is 4.79 Å². The molecule has 15 heavy (non-hydrogen) atoms. The average Bonchev–Trinajstić information content (AvgIpc) is 2.61. The SMILES string of the molecule is CNCB1OC(=O)C(c2ccccc2)O1. The zero-order valence-electron chi connectivity index (χ0n) is 8.47. The summed E-state index contributed by atoms with van der Waals surface area (Å²) in [5, 5.41) is 2.90. The van der Waals surface area contributed by atoms with Crippen molar-refractivity contribution in [1.29, 1.82) is 0 Å². The zero-order valence-corrected chi connectivity index (χ0v) is 8.47. The van der Waals surface area contributed by atoms with E-state index in [1.807, 2.05) is 30.3 Å². The molecule has 1 aliphatic rings. The van der Waals surface area contributed by atoms with Gasteiger partial charge in [-0.15, -0.1) is 0 Å². The highest BCUT2D eigenvalue weighted by molar-refractivity contribution is 6.49. The number of carbonyl (C=O) groups is 1. The normalized spacial score (nSPS) is 20.5. The summed E-state index contributed by atoms with van der Waals surface area (Å²) in [6, 6.07) is 9.35. The van der Waals surface area contributed by atoms with Gasteiger partial charge in [-0.05, 0) is 12.6 Å². The number of carbonyl (C=O) groups excluding carboxylic acids is 1. The summed E-state index contributed by atoms with van der Waals surface area (Å²) in [5.41, 5.74) is 0.834. The molecule has 0 bridgehead atoms. The van der Waals surface area contributed by atoms with Crippen molar-refractivity contribution < 1.29 is 14.1 Å². The van der Waals surface area contributed by atoms with Gasteiger partial charge in [0.2, 0.25) is 0 Å². The average molecular weight is 205 g/mol. The molecule has 0 saturated carbocycles. The lowest BCUT2D eigenvalue weighted by Gasteiger charge is -2.06. The monoisotopic (exact) mass is 205 g/mol. The van der Waals surface area contributed by atoms with Crippen LogP contribution in [0.3, 0.4) is 0 Å². The fourth-order valence-electron chi connectivity index (χ4n) is 1.53. The molecule has 2 rings (SSSR count). The third-order valence-corrected chi connectivity index (χ3v) is 2.22. The lowest BCUT2D eigenvalue weighted by molar-refractivity contribution is -0.136. The van der Waals surface area contributed by atoms with E-state index in [1.165, 1.54) is 0 Å². The first-order valence-corrected chi connectivity index (χ1v) is 4.87. The van der Waals surface area contributed by atoms with Gasteiger partial charge in [0, 0.05) is 6.44 Å². The fourth-order valence-corrected chi connectivity index (χ4v) is 1.53. The van der Waals surface area contributed by atoms with Crippen molar-refractivity contribution in [2.24, 2.45) is 0 Å². The number of nitrogens with one attached hydrogen (secondary N) is 1. The quantitative estimate of drug-likeness (QED) is 0.732. The first-order valence-electron chi connectivity index (χ1n) is 4.87. The van der Waals surface area contributed by atoms with E-state index in [0.717, 1.165) is 5.56 Å². The summed E-state index contributed by atoms with van der Waals surface area (Å²) < 4.78 is 10.5. The zero-order chi connectivity index (χ0) is 10.7. The van der Waals surface area contributed by atoms with Crippen molar-refractivity contribution in [2.75, 3.05) is 13.5 Å². The molecule has 1 aromatic rings. The van der Waals surface area contributed by atoms with Gasteiger partial charge in [0.25, 0.3) is 0 Å². The molecule has 78 valence electrons. The van der Waals surface area contributed by atoms with E-state index in [0.29, 0.717) is 6.44 Å². The Labute approximate surface area is 88.7 Å². The molecule has 0 aromatic heterocycles. The molecule has 0 radical (unpaired) electrons. The van der Waals surface area contributed by atoms with Gasteiger partial charge < -0.3 is 14.6 Å². The van der Waals surface area contributed by atoms with Gasteiger partial charge in [0.05, 0.1) is 0 Å². The van der Waals surface area contributed by atoms with Gasteiger partial charge in [0.15, 0.2) is 6.10 Å². The van der Waals surface area contributed by atoms with Crippen molar-refractivity contribution in [3.63, 3.8) is 0 Å². The highest BCUT2D eigenvalue weighted by Gasteiger charge is 2.39. The van der Waals surface area contributed by atoms with Gasteiger partial charge in [-0.2, -0.15) is 0 Å². The smallest absolute Gasteiger partial charge is 0.507 e. The van der Waals surface area contributed by atoms with Crippen LogP contribution in [0.4, 0.5) is 0 Å². The van der Waals surface area contributed by atoms with Crippen LogP contribution in [-0.2, 0) is 14.1 Å². The van der Waals surface area contributed by atoms with E-state index in [1.54, 1.807) is 7.05 Å². The maximum Gasteiger partial charge on any atom is 0.543 e. The molecular formula is C10H12BNO3. The van der Waals surface area contributed by atoms with E-state index in [2.05, 4.69) is 5.32 Å². The molecule has 1 heterocycles.